The molecule has 5 atom stereocenters. The van der Waals surface area contributed by atoms with Gasteiger partial charge in [-0.15, -0.1) is 0 Å². The number of hydrogen-bond donors (Lipinski definition) is 3. The van der Waals surface area contributed by atoms with Crippen LogP contribution >= 0.6 is 0 Å². The monoisotopic (exact) mass is 811 g/mol. The molecule has 1 aromatic carbocycles. The quantitative estimate of drug-likeness (QED) is 0.380. The fourth-order valence-electron chi connectivity index (χ4n) is 8.70. The fraction of sp³-hybridized carbons (Fsp3) is 0.683. The van der Waals surface area contributed by atoms with E-state index in [0.717, 1.165) is 62.3 Å². The van der Waals surface area contributed by atoms with Gasteiger partial charge in [0.05, 0.1) is 38.1 Å². The van der Waals surface area contributed by atoms with Gasteiger partial charge in [0.15, 0.2) is 0 Å². The van der Waals surface area contributed by atoms with Crippen LogP contribution in [0.15, 0.2) is 18.2 Å². The minimum Gasteiger partial charge on any atom is -0.496 e. The number of alkyl carbamates (subject to hydrolysis) is 1. The number of cyclic esters (lactones) is 1. The maximum absolute atomic E-state index is 14.7. The largest absolute Gasteiger partial charge is 0.496 e. The molecule has 2 saturated heterocycles. The van der Waals surface area contributed by atoms with Gasteiger partial charge in [0.1, 0.15) is 35.2 Å². The first kappa shape index (κ1) is 40.8. The molecule has 4 heterocycles. The van der Waals surface area contributed by atoms with Crippen molar-refractivity contribution in [3.63, 3.8) is 0 Å². The summed E-state index contributed by atoms with van der Waals surface area (Å²) in [6.07, 6.45) is 8.24. The first-order chi connectivity index (χ1) is 27.2. The summed E-state index contributed by atoms with van der Waals surface area (Å²) in [5.74, 6) is -0.577. The van der Waals surface area contributed by atoms with Gasteiger partial charge in [0.25, 0.3) is 5.91 Å². The third kappa shape index (κ3) is 9.20. The molecule has 4 fully saturated rings. The van der Waals surface area contributed by atoms with E-state index in [1.165, 1.54) is 12.0 Å². The van der Waals surface area contributed by atoms with Gasteiger partial charge in [-0.1, -0.05) is 52.4 Å². The smallest absolute Gasteiger partial charge is 0.407 e. The molecule has 5 bridgehead atoms. The minimum absolute atomic E-state index is 0.00497. The lowest BCUT2D eigenvalue weighted by Crippen LogP contribution is -2.58. The topological polar surface area (TPSA) is 192 Å². The molecule has 15 nitrogen and oxygen atoms in total. The molecule has 2 saturated carbocycles. The van der Waals surface area contributed by atoms with Crippen molar-refractivity contribution in [1.29, 1.82) is 0 Å². The van der Waals surface area contributed by atoms with Crippen LogP contribution in [0.1, 0.15) is 109 Å². The third-order valence-corrected chi connectivity index (χ3v) is 14.2. The van der Waals surface area contributed by atoms with E-state index >= 15 is 0 Å². The fourth-order valence-corrected chi connectivity index (χ4v) is 10.1. The van der Waals surface area contributed by atoms with Crippen molar-refractivity contribution in [3.05, 3.63) is 23.8 Å². The van der Waals surface area contributed by atoms with Gasteiger partial charge in [0.2, 0.25) is 27.7 Å². The van der Waals surface area contributed by atoms with Gasteiger partial charge in [-0.05, 0) is 74.3 Å². The van der Waals surface area contributed by atoms with E-state index in [4.69, 9.17) is 18.9 Å². The normalized spacial score (nSPS) is 28.8. The zero-order valence-corrected chi connectivity index (χ0v) is 34.3. The van der Waals surface area contributed by atoms with Crippen LogP contribution in [-0.2, 0) is 35.6 Å². The average Bonchev–Trinajstić information content (AvgIpc) is 4.10. The number of fused-ring (bicyclic) bond motifs is 4. The Morgan fingerprint density at radius 1 is 0.965 bits per heavy atom. The summed E-state index contributed by atoms with van der Waals surface area (Å²) in [7, 11) is -0.745. The van der Waals surface area contributed by atoms with Crippen LogP contribution in [0.4, 0.5) is 4.79 Å². The van der Waals surface area contributed by atoms with Crippen molar-refractivity contribution in [2.75, 3.05) is 27.4 Å². The number of methoxy groups -OCH3 is 2. The molecule has 2 aliphatic carbocycles. The number of rotatable bonds is 5. The van der Waals surface area contributed by atoms with Crippen molar-refractivity contribution >= 4 is 44.7 Å². The summed E-state index contributed by atoms with van der Waals surface area (Å²) in [5, 5.41) is 5.90. The van der Waals surface area contributed by atoms with Gasteiger partial charge in [0, 0.05) is 23.9 Å². The van der Waals surface area contributed by atoms with Crippen molar-refractivity contribution in [1.82, 2.24) is 25.2 Å². The standard InChI is InChI=1S/C41H57N5O10S/c1-40(2)17-11-10-12-25-18-29-31(20-33(25)53-3)42-35(54-4)21-34(29)56-27-19-32-36(47)44-41(38(49)45-57(51,52)28-15-16-28)22-26(41)13-8-6-5-7-9-14-30(37(48)46(32)23-27)43-39(50)55-24-40/h18,20-21,26-28,30,32H,5-17,19,22-24H2,1-4H3,(H,43,50)(H,44,47)(H,45,49)/t26-,27-,30+,32+,41-/m1/s1. The molecule has 1 aromatic heterocycles. The SMILES string of the molecule is COc1cc2c3cc(c(OC)cc3n1)CCCCC(C)(C)COC(=O)N[C@H]1CCCCCCC[C@@H]3C[C@@]3(C(=O)NS(=O)(=O)C3CC3)NC(=O)[C@@H]3C[C@H](CN3C1=O)O2. The number of nitrogens with one attached hydrogen (secondary N) is 3. The second-order valence-electron chi connectivity index (χ2n) is 17.4. The van der Waals surface area contributed by atoms with Gasteiger partial charge < -0.3 is 34.5 Å². The summed E-state index contributed by atoms with van der Waals surface area (Å²) in [5.41, 5.74) is -0.188. The lowest BCUT2D eigenvalue weighted by Gasteiger charge is -2.30. The van der Waals surface area contributed by atoms with Crippen LogP contribution in [-0.4, -0.2) is 98.5 Å². The third-order valence-electron chi connectivity index (χ3n) is 12.3. The van der Waals surface area contributed by atoms with E-state index < -0.39 is 62.8 Å². The maximum Gasteiger partial charge on any atom is 0.407 e. The number of pyridine rings is 1. The Bertz CT molecular complexity index is 1990. The molecule has 2 aromatic rings. The van der Waals surface area contributed by atoms with E-state index in [1.54, 1.807) is 13.2 Å². The van der Waals surface area contributed by atoms with Crippen LogP contribution in [0.2, 0.25) is 0 Å². The molecule has 4 amide bonds. The summed E-state index contributed by atoms with van der Waals surface area (Å²) in [4.78, 5) is 62.5. The Balaban J connectivity index is 1.26. The van der Waals surface area contributed by atoms with Crippen molar-refractivity contribution in [3.8, 4) is 17.4 Å². The predicted octanol–water partition coefficient (Wildman–Crippen LogP) is 4.68. The lowest BCUT2D eigenvalue weighted by atomic mass is 9.87. The highest BCUT2D eigenvalue weighted by Crippen LogP contribution is 2.48. The highest BCUT2D eigenvalue weighted by molar-refractivity contribution is 7.91. The number of aromatic nitrogens is 1. The number of nitrogens with zero attached hydrogens (tertiary/aromatic N) is 2. The number of amides is 4. The van der Waals surface area contributed by atoms with Gasteiger partial charge in [-0.2, -0.15) is 0 Å². The number of aryl methyl sites for hydroxylation is 1. The Morgan fingerprint density at radius 2 is 1.72 bits per heavy atom. The molecule has 57 heavy (non-hydrogen) atoms. The molecule has 3 aliphatic heterocycles. The maximum atomic E-state index is 14.7. The second-order valence-corrected chi connectivity index (χ2v) is 19.3. The van der Waals surface area contributed by atoms with E-state index in [0.29, 0.717) is 61.4 Å². The zero-order chi connectivity index (χ0) is 40.5. The Hall–Kier alpha value is -4.34. The van der Waals surface area contributed by atoms with Crippen molar-refractivity contribution in [2.45, 2.75) is 139 Å². The molecule has 0 spiro atoms. The Morgan fingerprint density at radius 3 is 2.46 bits per heavy atom. The van der Waals surface area contributed by atoms with Gasteiger partial charge in [-0.25, -0.2) is 18.2 Å². The molecule has 312 valence electrons. The first-order valence-corrected chi connectivity index (χ1v) is 22.1. The number of sulfonamides is 1. The molecule has 0 unspecified atom stereocenters. The molecule has 16 heteroatoms. The average molecular weight is 812 g/mol. The number of carbonyl (C=O) groups is 4. The van der Waals surface area contributed by atoms with E-state index in [-0.39, 0.29) is 30.9 Å². The summed E-state index contributed by atoms with van der Waals surface area (Å²) < 4.78 is 51.9. The van der Waals surface area contributed by atoms with Crippen LogP contribution in [0.5, 0.6) is 17.4 Å². The Labute approximate surface area is 334 Å². The Kier molecular flexibility index (Phi) is 11.8. The minimum atomic E-state index is -3.88. The molecule has 7 rings (SSSR count). The summed E-state index contributed by atoms with van der Waals surface area (Å²) >= 11 is 0. The van der Waals surface area contributed by atoms with Crippen molar-refractivity contribution in [2.24, 2.45) is 11.3 Å². The zero-order valence-electron chi connectivity index (χ0n) is 33.5. The first-order valence-electron chi connectivity index (χ1n) is 20.6. The molecule has 0 radical (unpaired) electrons. The van der Waals surface area contributed by atoms with Gasteiger partial charge >= 0.3 is 6.09 Å². The second kappa shape index (κ2) is 16.5. The molecule has 5 aliphatic rings. The summed E-state index contributed by atoms with van der Waals surface area (Å²) in [6, 6.07) is 3.49. The van der Waals surface area contributed by atoms with Crippen molar-refractivity contribution < 1.29 is 46.5 Å². The van der Waals surface area contributed by atoms with Crippen LogP contribution in [0.3, 0.4) is 0 Å². The highest BCUT2D eigenvalue weighted by atomic mass is 32.2. The molecular weight excluding hydrogens is 755 g/mol. The van der Waals surface area contributed by atoms with Crippen LogP contribution in [0.25, 0.3) is 10.9 Å². The van der Waals surface area contributed by atoms with E-state index in [9.17, 15) is 27.6 Å². The number of benzene rings is 1. The number of carbonyl (C=O) groups excluding carboxylic acids is 4. The van der Waals surface area contributed by atoms with Crippen LogP contribution in [0, 0.1) is 11.3 Å². The van der Waals surface area contributed by atoms with E-state index in [1.807, 2.05) is 26.0 Å². The van der Waals surface area contributed by atoms with Gasteiger partial charge in [-0.3, -0.25) is 19.1 Å². The number of hydrogen-bond acceptors (Lipinski definition) is 11. The lowest BCUT2D eigenvalue weighted by molar-refractivity contribution is -0.141. The predicted molar refractivity (Wildman–Crippen MR) is 210 cm³/mol. The number of ether oxygens (including phenoxy) is 4. The molecular formula is C41H57N5O10S. The van der Waals surface area contributed by atoms with Crippen LogP contribution < -0.4 is 29.6 Å². The van der Waals surface area contributed by atoms with E-state index in [2.05, 4.69) is 20.3 Å². The summed E-state index contributed by atoms with van der Waals surface area (Å²) in [6.45, 7) is 4.25. The highest BCUT2D eigenvalue weighted by Gasteiger charge is 2.62. The molecule has 3 N–H and O–H groups in total.